The van der Waals surface area contributed by atoms with Gasteiger partial charge < -0.3 is 10.1 Å². The summed E-state index contributed by atoms with van der Waals surface area (Å²) in [7, 11) is 1.69. The fourth-order valence-corrected chi connectivity index (χ4v) is 3.44. The van der Waals surface area contributed by atoms with Crippen LogP contribution in [0, 0.1) is 5.92 Å². The van der Waals surface area contributed by atoms with Gasteiger partial charge in [-0.25, -0.2) is 0 Å². The lowest BCUT2D eigenvalue weighted by Crippen LogP contribution is -2.18. The van der Waals surface area contributed by atoms with Gasteiger partial charge in [0.25, 0.3) is 0 Å². The molecule has 2 aromatic carbocycles. The van der Waals surface area contributed by atoms with Crippen LogP contribution in [0.4, 0.5) is 5.69 Å². The summed E-state index contributed by atoms with van der Waals surface area (Å²) in [5, 5.41) is 2.78. The molecule has 1 amide bonds. The van der Waals surface area contributed by atoms with Crippen LogP contribution in [0.2, 0.25) is 0 Å². The van der Waals surface area contributed by atoms with E-state index in [1.54, 1.807) is 14.0 Å². The molecule has 2 rings (SSSR count). The second-order valence-corrected chi connectivity index (χ2v) is 7.00. The van der Waals surface area contributed by atoms with E-state index in [1.165, 1.54) is 6.92 Å². The quantitative estimate of drug-likeness (QED) is 0.717. The second kappa shape index (κ2) is 9.36. The number of ether oxygens (including phenoxy) is 1. The second-order valence-electron chi connectivity index (χ2n) is 7.00. The SMILES string of the molecule is CCCc1cc(C(c2ccc(NC(C)=O)cc2)C(C)C(C)=O)ccc1OC. The van der Waals surface area contributed by atoms with E-state index in [-0.39, 0.29) is 23.5 Å². The van der Waals surface area contributed by atoms with Crippen molar-refractivity contribution in [3.63, 3.8) is 0 Å². The monoisotopic (exact) mass is 367 g/mol. The predicted octanol–water partition coefficient (Wildman–Crippen LogP) is 4.96. The summed E-state index contributed by atoms with van der Waals surface area (Å²) in [4.78, 5) is 23.4. The van der Waals surface area contributed by atoms with Gasteiger partial charge in [0.05, 0.1) is 7.11 Å². The van der Waals surface area contributed by atoms with Crippen LogP contribution in [0.25, 0.3) is 0 Å². The van der Waals surface area contributed by atoms with E-state index in [0.717, 1.165) is 41.0 Å². The van der Waals surface area contributed by atoms with Crippen LogP contribution in [0.5, 0.6) is 5.75 Å². The number of hydrogen-bond donors (Lipinski definition) is 1. The summed E-state index contributed by atoms with van der Waals surface area (Å²) in [6.07, 6.45) is 1.96. The van der Waals surface area contributed by atoms with E-state index >= 15 is 0 Å². The summed E-state index contributed by atoms with van der Waals surface area (Å²) >= 11 is 0. The highest BCUT2D eigenvalue weighted by atomic mass is 16.5. The Morgan fingerprint density at radius 2 is 1.67 bits per heavy atom. The molecule has 0 saturated heterocycles. The number of carbonyl (C=O) groups excluding carboxylic acids is 2. The number of rotatable bonds is 8. The van der Waals surface area contributed by atoms with Gasteiger partial charge in [-0.3, -0.25) is 9.59 Å². The van der Waals surface area contributed by atoms with Crippen molar-refractivity contribution in [3.05, 3.63) is 59.2 Å². The van der Waals surface area contributed by atoms with Crippen molar-refractivity contribution in [1.29, 1.82) is 0 Å². The predicted molar refractivity (Wildman–Crippen MR) is 109 cm³/mol. The largest absolute Gasteiger partial charge is 0.496 e. The molecule has 0 spiro atoms. The maximum atomic E-state index is 12.2. The van der Waals surface area contributed by atoms with E-state index < -0.39 is 0 Å². The van der Waals surface area contributed by atoms with Crippen molar-refractivity contribution < 1.29 is 14.3 Å². The Morgan fingerprint density at radius 3 is 2.19 bits per heavy atom. The zero-order chi connectivity index (χ0) is 20.0. The number of anilines is 1. The van der Waals surface area contributed by atoms with Crippen molar-refractivity contribution in [2.24, 2.45) is 5.92 Å². The highest BCUT2D eigenvalue weighted by Gasteiger charge is 2.25. The highest BCUT2D eigenvalue weighted by molar-refractivity contribution is 5.88. The van der Waals surface area contributed by atoms with Crippen molar-refractivity contribution >= 4 is 17.4 Å². The first-order valence-corrected chi connectivity index (χ1v) is 9.42. The van der Waals surface area contributed by atoms with Crippen molar-refractivity contribution in [1.82, 2.24) is 0 Å². The maximum Gasteiger partial charge on any atom is 0.221 e. The molecule has 144 valence electrons. The first kappa shape index (κ1) is 20.7. The molecule has 4 heteroatoms. The summed E-state index contributed by atoms with van der Waals surface area (Å²) < 4.78 is 5.49. The summed E-state index contributed by atoms with van der Waals surface area (Å²) in [5.74, 6) is 0.736. The highest BCUT2D eigenvalue weighted by Crippen LogP contribution is 2.35. The van der Waals surface area contributed by atoms with Gasteiger partial charge in [-0.1, -0.05) is 44.5 Å². The van der Waals surface area contributed by atoms with Gasteiger partial charge in [0.15, 0.2) is 0 Å². The molecule has 2 atom stereocenters. The number of carbonyl (C=O) groups is 2. The van der Waals surface area contributed by atoms with E-state index in [2.05, 4.69) is 18.3 Å². The Balaban J connectivity index is 2.47. The lowest BCUT2D eigenvalue weighted by molar-refractivity contribution is -0.120. The molecule has 0 aromatic heterocycles. The van der Waals surface area contributed by atoms with Gasteiger partial charge in [0.2, 0.25) is 5.91 Å². The number of benzene rings is 2. The smallest absolute Gasteiger partial charge is 0.221 e. The Bertz CT molecular complexity index is 796. The normalized spacial score (nSPS) is 12.9. The third kappa shape index (κ3) is 5.19. The number of ketones is 1. The number of amides is 1. The molecule has 4 nitrogen and oxygen atoms in total. The van der Waals surface area contributed by atoms with Crippen LogP contribution in [-0.4, -0.2) is 18.8 Å². The molecule has 0 saturated carbocycles. The zero-order valence-corrected chi connectivity index (χ0v) is 16.8. The Morgan fingerprint density at radius 1 is 1.04 bits per heavy atom. The molecular weight excluding hydrogens is 338 g/mol. The van der Waals surface area contributed by atoms with Crippen LogP contribution in [0.1, 0.15) is 56.7 Å². The van der Waals surface area contributed by atoms with Gasteiger partial charge in [-0.05, 0) is 48.2 Å². The minimum Gasteiger partial charge on any atom is -0.496 e. The molecular formula is C23H29NO3. The molecule has 0 heterocycles. The number of Topliss-reactive ketones (excluding diaryl/α,β-unsaturated/α-hetero) is 1. The summed E-state index contributed by atoms with van der Waals surface area (Å²) in [5.41, 5.74) is 4.07. The van der Waals surface area contributed by atoms with Crippen molar-refractivity contribution in [3.8, 4) is 5.75 Å². The third-order valence-corrected chi connectivity index (χ3v) is 4.91. The van der Waals surface area contributed by atoms with Crippen LogP contribution < -0.4 is 10.1 Å². The lowest BCUT2D eigenvalue weighted by atomic mass is 9.79. The molecule has 0 bridgehead atoms. The van der Waals surface area contributed by atoms with Gasteiger partial charge in [0.1, 0.15) is 11.5 Å². The first-order valence-electron chi connectivity index (χ1n) is 9.42. The molecule has 0 aliphatic rings. The standard InChI is InChI=1S/C23H29NO3/c1-6-7-19-14-20(10-13-22(19)27-5)23(15(2)16(3)25)18-8-11-21(12-9-18)24-17(4)26/h8-15,23H,6-7H2,1-5H3,(H,24,26). The number of aryl methyl sites for hydroxylation is 1. The van der Waals surface area contributed by atoms with Gasteiger partial charge in [-0.15, -0.1) is 0 Å². The Hall–Kier alpha value is -2.62. The number of methoxy groups -OCH3 is 1. The van der Waals surface area contributed by atoms with Crippen LogP contribution in [0.3, 0.4) is 0 Å². The molecule has 0 fully saturated rings. The summed E-state index contributed by atoms with van der Waals surface area (Å²) in [6.45, 7) is 7.24. The van der Waals surface area contributed by atoms with E-state index in [4.69, 9.17) is 4.74 Å². The fourth-order valence-electron chi connectivity index (χ4n) is 3.44. The Labute approximate surface area is 161 Å². The molecule has 0 aliphatic carbocycles. The zero-order valence-electron chi connectivity index (χ0n) is 16.8. The van der Waals surface area contributed by atoms with E-state index in [1.807, 2.05) is 43.3 Å². The minimum atomic E-state index is -0.153. The van der Waals surface area contributed by atoms with Crippen molar-refractivity contribution in [2.45, 2.75) is 46.5 Å². The first-order chi connectivity index (χ1) is 12.9. The maximum absolute atomic E-state index is 12.2. The third-order valence-electron chi connectivity index (χ3n) is 4.91. The van der Waals surface area contributed by atoms with Gasteiger partial charge >= 0.3 is 0 Å². The molecule has 0 aliphatic heterocycles. The lowest BCUT2D eigenvalue weighted by Gasteiger charge is -2.24. The van der Waals surface area contributed by atoms with E-state index in [0.29, 0.717) is 0 Å². The number of hydrogen-bond acceptors (Lipinski definition) is 3. The van der Waals surface area contributed by atoms with E-state index in [9.17, 15) is 9.59 Å². The fraction of sp³-hybridized carbons (Fsp3) is 0.391. The molecule has 2 unspecified atom stereocenters. The van der Waals surface area contributed by atoms with Crippen LogP contribution >= 0.6 is 0 Å². The topological polar surface area (TPSA) is 55.4 Å². The Kier molecular flexibility index (Phi) is 7.17. The molecule has 27 heavy (non-hydrogen) atoms. The van der Waals surface area contributed by atoms with Gasteiger partial charge in [0, 0.05) is 24.4 Å². The van der Waals surface area contributed by atoms with Crippen LogP contribution in [0.15, 0.2) is 42.5 Å². The summed E-state index contributed by atoms with van der Waals surface area (Å²) in [6, 6.07) is 13.9. The van der Waals surface area contributed by atoms with Gasteiger partial charge in [-0.2, -0.15) is 0 Å². The molecule has 1 N–H and O–H groups in total. The molecule has 0 radical (unpaired) electrons. The average Bonchev–Trinajstić information content (AvgIpc) is 2.63. The minimum absolute atomic E-state index is 0.0459. The van der Waals surface area contributed by atoms with Crippen LogP contribution in [-0.2, 0) is 16.0 Å². The average molecular weight is 367 g/mol. The number of nitrogens with one attached hydrogen (secondary N) is 1. The van der Waals surface area contributed by atoms with Crippen molar-refractivity contribution in [2.75, 3.05) is 12.4 Å². The molecule has 2 aromatic rings.